The first-order valence-corrected chi connectivity index (χ1v) is 5.14. The van der Waals surface area contributed by atoms with Gasteiger partial charge in [0.25, 0.3) is 0 Å². The van der Waals surface area contributed by atoms with E-state index in [-0.39, 0.29) is 6.61 Å². The lowest BCUT2D eigenvalue weighted by Gasteiger charge is -2.01. The number of aliphatic hydroxyl groups excluding tert-OH is 1. The number of halogens is 1. The van der Waals surface area contributed by atoms with Crippen LogP contribution in [0.5, 0.6) is 0 Å². The van der Waals surface area contributed by atoms with E-state index < -0.39 is 5.95 Å². The third-order valence-corrected chi connectivity index (χ3v) is 2.08. The maximum absolute atomic E-state index is 12.8. The molecule has 0 spiro atoms. The Morgan fingerprint density at radius 2 is 2.29 bits per heavy atom. The number of hydrogen-bond donors (Lipinski definition) is 2. The van der Waals surface area contributed by atoms with E-state index in [2.05, 4.69) is 20.6 Å². The summed E-state index contributed by atoms with van der Waals surface area (Å²) >= 11 is 0. The Kier molecular flexibility index (Phi) is 3.61. The van der Waals surface area contributed by atoms with E-state index in [4.69, 9.17) is 5.11 Å². The number of rotatable bonds is 5. The summed E-state index contributed by atoms with van der Waals surface area (Å²) in [6.07, 6.45) is 1.71. The predicted octanol–water partition coefficient (Wildman–Crippen LogP) is 0.417. The van der Waals surface area contributed by atoms with Crippen molar-refractivity contribution in [3.05, 3.63) is 36.0 Å². The molecule has 90 valence electrons. The molecule has 0 radical (unpaired) electrons. The number of anilines is 1. The van der Waals surface area contributed by atoms with Crippen molar-refractivity contribution in [1.29, 1.82) is 0 Å². The number of hydrogen-bond acceptors (Lipinski definition) is 5. The van der Waals surface area contributed by atoms with Crippen LogP contribution in [0.3, 0.4) is 0 Å². The first-order valence-electron chi connectivity index (χ1n) is 5.14. The lowest BCUT2D eigenvalue weighted by Crippen LogP contribution is -2.03. The Hall–Kier alpha value is -2.02. The molecule has 0 unspecified atom stereocenters. The van der Waals surface area contributed by atoms with Gasteiger partial charge in [-0.3, -0.25) is 0 Å². The van der Waals surface area contributed by atoms with E-state index in [1.54, 1.807) is 18.3 Å². The second-order valence-electron chi connectivity index (χ2n) is 3.40. The Bertz CT molecular complexity index is 487. The summed E-state index contributed by atoms with van der Waals surface area (Å²) < 4.78 is 14.3. The van der Waals surface area contributed by atoms with E-state index >= 15 is 0 Å². The molecule has 0 saturated heterocycles. The second-order valence-corrected chi connectivity index (χ2v) is 3.40. The van der Waals surface area contributed by atoms with Gasteiger partial charge in [-0.2, -0.15) is 4.39 Å². The molecule has 6 nitrogen and oxygen atoms in total. The minimum Gasteiger partial charge on any atom is -0.394 e. The topological polar surface area (TPSA) is 75.9 Å². The normalized spacial score (nSPS) is 10.5. The summed E-state index contributed by atoms with van der Waals surface area (Å²) in [5.41, 5.74) is 0.699. The van der Waals surface area contributed by atoms with Crippen LogP contribution in [0.1, 0.15) is 5.69 Å². The van der Waals surface area contributed by atoms with Crippen LogP contribution in [0.15, 0.2) is 24.4 Å². The highest BCUT2D eigenvalue weighted by Crippen LogP contribution is 2.05. The quantitative estimate of drug-likeness (QED) is 0.737. The summed E-state index contributed by atoms with van der Waals surface area (Å²) in [4.78, 5) is 3.66. The molecule has 0 saturated carbocycles. The van der Waals surface area contributed by atoms with E-state index in [1.807, 2.05) is 0 Å². The van der Waals surface area contributed by atoms with E-state index in [0.29, 0.717) is 24.6 Å². The SMILES string of the molecule is OCCn1cc(CNc2cccc(F)n2)nn1. The van der Waals surface area contributed by atoms with Crippen LogP contribution in [0.2, 0.25) is 0 Å². The van der Waals surface area contributed by atoms with Gasteiger partial charge >= 0.3 is 0 Å². The molecule has 0 aliphatic carbocycles. The second kappa shape index (κ2) is 5.35. The molecule has 2 heterocycles. The van der Waals surface area contributed by atoms with E-state index in [1.165, 1.54) is 10.7 Å². The summed E-state index contributed by atoms with van der Waals surface area (Å²) in [7, 11) is 0. The number of aromatic nitrogens is 4. The molecule has 17 heavy (non-hydrogen) atoms. The van der Waals surface area contributed by atoms with Crippen LogP contribution in [0.25, 0.3) is 0 Å². The smallest absolute Gasteiger partial charge is 0.214 e. The maximum atomic E-state index is 12.8. The molecule has 2 N–H and O–H groups in total. The number of aliphatic hydroxyl groups is 1. The van der Waals surface area contributed by atoms with Crippen molar-refractivity contribution in [3.8, 4) is 0 Å². The molecule has 0 fully saturated rings. The minimum atomic E-state index is -0.529. The first-order chi connectivity index (χ1) is 8.28. The third kappa shape index (κ3) is 3.22. The van der Waals surface area contributed by atoms with Crippen LogP contribution in [0.4, 0.5) is 10.2 Å². The molecule has 0 aromatic carbocycles. The molecule has 0 aliphatic heterocycles. The summed E-state index contributed by atoms with van der Waals surface area (Å²) in [6.45, 7) is 0.828. The predicted molar refractivity (Wildman–Crippen MR) is 58.6 cm³/mol. The molecule has 7 heteroatoms. The standard InChI is InChI=1S/C10H12FN5O/c11-9-2-1-3-10(13-9)12-6-8-7-16(4-5-17)15-14-8/h1-3,7,17H,4-6H2,(H,12,13). The lowest BCUT2D eigenvalue weighted by molar-refractivity contribution is 0.268. The largest absolute Gasteiger partial charge is 0.394 e. The van der Waals surface area contributed by atoms with Gasteiger partial charge < -0.3 is 10.4 Å². The maximum Gasteiger partial charge on any atom is 0.214 e. The Morgan fingerprint density at radius 3 is 3.06 bits per heavy atom. The highest BCUT2D eigenvalue weighted by molar-refractivity contribution is 5.33. The molecule has 2 aromatic rings. The van der Waals surface area contributed by atoms with Crippen molar-refractivity contribution in [3.63, 3.8) is 0 Å². The van der Waals surface area contributed by atoms with Crippen LogP contribution in [-0.2, 0) is 13.1 Å². The van der Waals surface area contributed by atoms with Crippen molar-refractivity contribution in [2.75, 3.05) is 11.9 Å². The molecule has 0 bridgehead atoms. The number of nitrogens with zero attached hydrogens (tertiary/aromatic N) is 4. The zero-order valence-electron chi connectivity index (χ0n) is 9.04. The van der Waals surface area contributed by atoms with Gasteiger partial charge in [0.2, 0.25) is 5.95 Å². The van der Waals surface area contributed by atoms with Crippen LogP contribution in [-0.4, -0.2) is 31.7 Å². The van der Waals surface area contributed by atoms with Crippen molar-refractivity contribution >= 4 is 5.82 Å². The summed E-state index contributed by atoms with van der Waals surface area (Å²) in [5.74, 6) is -0.0827. The van der Waals surface area contributed by atoms with Crippen molar-refractivity contribution < 1.29 is 9.50 Å². The lowest BCUT2D eigenvalue weighted by atomic mass is 10.4. The summed E-state index contributed by atoms with van der Waals surface area (Å²) in [5, 5.41) is 19.3. The van der Waals surface area contributed by atoms with Crippen molar-refractivity contribution in [2.24, 2.45) is 0 Å². The van der Waals surface area contributed by atoms with Gasteiger partial charge in [0, 0.05) is 0 Å². The van der Waals surface area contributed by atoms with Crippen molar-refractivity contribution in [2.45, 2.75) is 13.1 Å². The fraction of sp³-hybridized carbons (Fsp3) is 0.300. The molecular weight excluding hydrogens is 225 g/mol. The van der Waals surface area contributed by atoms with Crippen molar-refractivity contribution in [1.82, 2.24) is 20.0 Å². The average molecular weight is 237 g/mol. The van der Waals surface area contributed by atoms with Gasteiger partial charge in [-0.1, -0.05) is 11.3 Å². The van der Waals surface area contributed by atoms with E-state index in [0.717, 1.165) is 0 Å². The summed E-state index contributed by atoms with van der Waals surface area (Å²) in [6, 6.07) is 4.53. The molecule has 0 atom stereocenters. The van der Waals surface area contributed by atoms with Gasteiger partial charge in [-0.05, 0) is 12.1 Å². The zero-order chi connectivity index (χ0) is 12.1. The van der Waals surface area contributed by atoms with Gasteiger partial charge in [-0.25, -0.2) is 9.67 Å². The van der Waals surface area contributed by atoms with Gasteiger partial charge in [-0.15, -0.1) is 5.10 Å². The number of nitrogens with one attached hydrogen (secondary N) is 1. The number of pyridine rings is 1. The van der Waals surface area contributed by atoms with Gasteiger partial charge in [0.05, 0.1) is 25.9 Å². The van der Waals surface area contributed by atoms with Gasteiger partial charge in [0.15, 0.2) is 0 Å². The fourth-order valence-corrected chi connectivity index (χ4v) is 1.32. The molecule has 0 amide bonds. The monoisotopic (exact) mass is 237 g/mol. The van der Waals surface area contributed by atoms with Crippen LogP contribution < -0.4 is 5.32 Å². The minimum absolute atomic E-state index is 0.0156. The highest BCUT2D eigenvalue weighted by atomic mass is 19.1. The molecule has 0 aliphatic rings. The van der Waals surface area contributed by atoms with Crippen LogP contribution >= 0.6 is 0 Å². The highest BCUT2D eigenvalue weighted by Gasteiger charge is 2.01. The Morgan fingerprint density at radius 1 is 1.41 bits per heavy atom. The zero-order valence-corrected chi connectivity index (χ0v) is 9.04. The molecule has 2 aromatic heterocycles. The fourth-order valence-electron chi connectivity index (χ4n) is 1.32. The first kappa shape index (κ1) is 11.5. The Labute approximate surface area is 97.1 Å². The van der Waals surface area contributed by atoms with Gasteiger partial charge in [0.1, 0.15) is 11.5 Å². The van der Waals surface area contributed by atoms with Crippen LogP contribution in [0, 0.1) is 5.95 Å². The Balaban J connectivity index is 1.93. The van der Waals surface area contributed by atoms with E-state index in [9.17, 15) is 4.39 Å². The molecule has 2 rings (SSSR count). The third-order valence-electron chi connectivity index (χ3n) is 2.08. The molecular formula is C10H12FN5O. The average Bonchev–Trinajstić information content (AvgIpc) is 2.75.